The highest BCUT2D eigenvalue weighted by Gasteiger charge is 2.22. The summed E-state index contributed by atoms with van der Waals surface area (Å²) in [5.74, 6) is 0.00183. The van der Waals surface area contributed by atoms with Gasteiger partial charge in [0.15, 0.2) is 0 Å². The molecular weight excluding hydrogens is 320 g/mol. The van der Waals surface area contributed by atoms with Crippen LogP contribution in [0.1, 0.15) is 0 Å². The molecule has 0 aliphatic heterocycles. The minimum Gasteiger partial charge on any atom is -0.393 e. The fourth-order valence-electron chi connectivity index (χ4n) is 1.53. The Morgan fingerprint density at radius 2 is 1.90 bits per heavy atom. The standard InChI is InChI=1S/C12H9ClN2O5S/c13-8-2-1-3-9(6-8)20-21(18,19)10-4-5-11(14)12(7-10)15(16)17/h1-7H,14H2. The highest BCUT2D eigenvalue weighted by molar-refractivity contribution is 7.87. The predicted octanol–water partition coefficient (Wildman–Crippen LogP) is 2.60. The van der Waals surface area contributed by atoms with E-state index in [1.54, 1.807) is 6.07 Å². The zero-order valence-electron chi connectivity index (χ0n) is 10.4. The van der Waals surface area contributed by atoms with Crippen LogP contribution in [0.15, 0.2) is 47.4 Å². The number of nitrogen functional groups attached to an aromatic ring is 1. The minimum atomic E-state index is -4.22. The van der Waals surface area contributed by atoms with Crippen molar-refractivity contribution >= 4 is 33.1 Å². The summed E-state index contributed by atoms with van der Waals surface area (Å²) in [6, 6.07) is 8.87. The molecule has 2 rings (SSSR count). The summed E-state index contributed by atoms with van der Waals surface area (Å²) in [6.07, 6.45) is 0. The molecule has 0 saturated carbocycles. The number of rotatable bonds is 4. The van der Waals surface area contributed by atoms with Gasteiger partial charge in [0.1, 0.15) is 16.3 Å². The highest BCUT2D eigenvalue weighted by Crippen LogP contribution is 2.27. The second kappa shape index (κ2) is 5.58. The van der Waals surface area contributed by atoms with E-state index in [1.807, 2.05) is 0 Å². The van der Waals surface area contributed by atoms with Gasteiger partial charge in [-0.3, -0.25) is 10.1 Å². The quantitative estimate of drug-likeness (QED) is 0.399. The number of halogens is 1. The Morgan fingerprint density at radius 3 is 2.52 bits per heavy atom. The highest BCUT2D eigenvalue weighted by atomic mass is 35.5. The number of nitro groups is 1. The third-order valence-electron chi connectivity index (χ3n) is 2.49. The van der Waals surface area contributed by atoms with Gasteiger partial charge in [0.05, 0.1) is 4.92 Å². The van der Waals surface area contributed by atoms with Crippen LogP contribution < -0.4 is 9.92 Å². The molecule has 0 aromatic heterocycles. The molecule has 0 unspecified atom stereocenters. The SMILES string of the molecule is Nc1ccc(S(=O)(=O)Oc2cccc(Cl)c2)cc1[N+](=O)[O-]. The molecule has 2 aromatic rings. The van der Waals surface area contributed by atoms with Crippen LogP contribution in [0.25, 0.3) is 0 Å². The molecule has 0 radical (unpaired) electrons. The van der Waals surface area contributed by atoms with E-state index in [4.69, 9.17) is 21.5 Å². The monoisotopic (exact) mass is 328 g/mol. The normalized spacial score (nSPS) is 11.1. The van der Waals surface area contributed by atoms with E-state index in [0.29, 0.717) is 5.02 Å². The molecule has 110 valence electrons. The van der Waals surface area contributed by atoms with Crippen LogP contribution in [-0.2, 0) is 10.1 Å². The topological polar surface area (TPSA) is 113 Å². The number of hydrogen-bond acceptors (Lipinski definition) is 6. The maximum atomic E-state index is 12.1. The van der Waals surface area contributed by atoms with Gasteiger partial charge in [0, 0.05) is 17.2 Å². The number of nitrogens with two attached hydrogens (primary N) is 1. The summed E-state index contributed by atoms with van der Waals surface area (Å²) in [5, 5.41) is 11.1. The Kier molecular flexibility index (Phi) is 4.01. The lowest BCUT2D eigenvalue weighted by molar-refractivity contribution is -0.384. The van der Waals surface area contributed by atoms with Gasteiger partial charge in [-0.2, -0.15) is 8.42 Å². The molecule has 0 aliphatic rings. The Morgan fingerprint density at radius 1 is 1.19 bits per heavy atom. The maximum Gasteiger partial charge on any atom is 0.339 e. The van der Waals surface area contributed by atoms with Gasteiger partial charge in [0.25, 0.3) is 5.69 Å². The van der Waals surface area contributed by atoms with Crippen LogP contribution in [0.5, 0.6) is 5.75 Å². The van der Waals surface area contributed by atoms with Crippen molar-refractivity contribution < 1.29 is 17.5 Å². The second-order valence-corrected chi connectivity index (χ2v) is 5.96. The van der Waals surface area contributed by atoms with E-state index in [2.05, 4.69) is 0 Å². The van der Waals surface area contributed by atoms with Gasteiger partial charge in [-0.05, 0) is 24.3 Å². The summed E-state index contributed by atoms with van der Waals surface area (Å²) in [6.45, 7) is 0. The molecular formula is C12H9ClN2O5S. The molecule has 0 aliphatic carbocycles. The average molecular weight is 329 g/mol. The van der Waals surface area contributed by atoms with Crippen LogP contribution in [0, 0.1) is 10.1 Å². The van der Waals surface area contributed by atoms with Crippen LogP contribution in [0.2, 0.25) is 5.02 Å². The molecule has 7 nitrogen and oxygen atoms in total. The van der Waals surface area contributed by atoms with Crippen molar-refractivity contribution in [3.05, 3.63) is 57.6 Å². The largest absolute Gasteiger partial charge is 0.393 e. The number of benzene rings is 2. The van der Waals surface area contributed by atoms with Gasteiger partial charge in [-0.25, -0.2) is 0 Å². The lowest BCUT2D eigenvalue weighted by atomic mass is 10.3. The van der Waals surface area contributed by atoms with Crippen molar-refractivity contribution in [1.29, 1.82) is 0 Å². The fourth-order valence-corrected chi connectivity index (χ4v) is 2.65. The molecule has 9 heteroatoms. The van der Waals surface area contributed by atoms with Crippen LogP contribution >= 0.6 is 11.6 Å². The van der Waals surface area contributed by atoms with Crippen LogP contribution in [0.3, 0.4) is 0 Å². The van der Waals surface area contributed by atoms with E-state index >= 15 is 0 Å². The molecule has 2 aromatic carbocycles. The Hall–Kier alpha value is -2.32. The van der Waals surface area contributed by atoms with Crippen molar-refractivity contribution in [3.63, 3.8) is 0 Å². The van der Waals surface area contributed by atoms with E-state index in [9.17, 15) is 18.5 Å². The summed E-state index contributed by atoms with van der Waals surface area (Å²) in [5.41, 5.74) is 4.77. The Bertz CT molecular complexity index is 807. The van der Waals surface area contributed by atoms with Crippen molar-refractivity contribution in [2.75, 3.05) is 5.73 Å². The molecule has 0 spiro atoms. The Balaban J connectivity index is 2.40. The lowest BCUT2D eigenvalue weighted by Gasteiger charge is -2.07. The van der Waals surface area contributed by atoms with Crippen molar-refractivity contribution in [2.45, 2.75) is 4.90 Å². The minimum absolute atomic E-state index is 0.00183. The van der Waals surface area contributed by atoms with Gasteiger partial charge < -0.3 is 9.92 Å². The van der Waals surface area contributed by atoms with Gasteiger partial charge in [-0.1, -0.05) is 17.7 Å². The first-order valence-electron chi connectivity index (χ1n) is 5.53. The van der Waals surface area contributed by atoms with E-state index in [-0.39, 0.29) is 16.3 Å². The first-order valence-corrected chi connectivity index (χ1v) is 7.32. The number of anilines is 1. The molecule has 0 amide bonds. The van der Waals surface area contributed by atoms with Gasteiger partial charge >= 0.3 is 10.1 Å². The number of nitrogens with zero attached hydrogens (tertiary/aromatic N) is 1. The van der Waals surface area contributed by atoms with E-state index in [1.165, 1.54) is 18.2 Å². The molecule has 0 bridgehead atoms. The first kappa shape index (κ1) is 15.1. The zero-order chi connectivity index (χ0) is 15.6. The first-order chi connectivity index (χ1) is 9.79. The molecule has 21 heavy (non-hydrogen) atoms. The van der Waals surface area contributed by atoms with Gasteiger partial charge in [-0.15, -0.1) is 0 Å². The molecule has 0 heterocycles. The third-order valence-corrected chi connectivity index (χ3v) is 3.97. The molecule has 0 atom stereocenters. The van der Waals surface area contributed by atoms with E-state index in [0.717, 1.165) is 18.2 Å². The predicted molar refractivity (Wildman–Crippen MR) is 76.8 cm³/mol. The van der Waals surface area contributed by atoms with Crippen LogP contribution in [0.4, 0.5) is 11.4 Å². The fraction of sp³-hybridized carbons (Fsp3) is 0. The maximum absolute atomic E-state index is 12.1. The average Bonchev–Trinajstić information content (AvgIpc) is 2.38. The van der Waals surface area contributed by atoms with Crippen molar-refractivity contribution in [2.24, 2.45) is 0 Å². The number of hydrogen-bond donors (Lipinski definition) is 1. The Labute approximate surface area is 125 Å². The molecule has 0 fully saturated rings. The zero-order valence-corrected chi connectivity index (χ0v) is 12.0. The number of nitro benzene ring substituents is 1. The summed E-state index contributed by atoms with van der Waals surface area (Å²) in [4.78, 5) is 9.63. The van der Waals surface area contributed by atoms with Gasteiger partial charge in [0.2, 0.25) is 0 Å². The van der Waals surface area contributed by atoms with Crippen molar-refractivity contribution in [3.8, 4) is 5.75 Å². The summed E-state index contributed by atoms with van der Waals surface area (Å²) in [7, 11) is -4.22. The molecule has 2 N–H and O–H groups in total. The van der Waals surface area contributed by atoms with Crippen LogP contribution in [-0.4, -0.2) is 13.3 Å². The lowest BCUT2D eigenvalue weighted by Crippen LogP contribution is -2.10. The smallest absolute Gasteiger partial charge is 0.339 e. The third kappa shape index (κ3) is 3.41. The molecule has 0 saturated heterocycles. The van der Waals surface area contributed by atoms with Crippen molar-refractivity contribution in [1.82, 2.24) is 0 Å². The second-order valence-electron chi connectivity index (χ2n) is 3.97. The summed E-state index contributed by atoms with van der Waals surface area (Å²) < 4.78 is 29.0. The van der Waals surface area contributed by atoms with E-state index < -0.39 is 20.7 Å². The summed E-state index contributed by atoms with van der Waals surface area (Å²) >= 11 is 5.73.